The van der Waals surface area contributed by atoms with Gasteiger partial charge < -0.3 is 15.1 Å². The molecule has 0 aliphatic carbocycles. The largest absolute Gasteiger partial charge is 0.355 e. The molecule has 2 aliphatic rings. The minimum Gasteiger partial charge on any atom is -0.355 e. The Morgan fingerprint density at radius 3 is 2.73 bits per heavy atom. The van der Waals surface area contributed by atoms with Crippen molar-refractivity contribution < 1.29 is 0 Å². The second-order valence-corrected chi connectivity index (χ2v) is 6.15. The molecule has 4 nitrogen and oxygen atoms in total. The van der Waals surface area contributed by atoms with Gasteiger partial charge in [0.1, 0.15) is 0 Å². The predicted octanol–water partition coefficient (Wildman–Crippen LogP) is 2.33. The van der Waals surface area contributed by atoms with E-state index >= 15 is 0 Å². The summed E-state index contributed by atoms with van der Waals surface area (Å²) in [6.45, 7) is 4.25. The summed E-state index contributed by atoms with van der Waals surface area (Å²) < 4.78 is 0. The molecule has 1 N–H and O–H groups in total. The number of hydrogen-bond donors (Lipinski definition) is 1. The average Bonchev–Trinajstić information content (AvgIpc) is 2.93. The summed E-state index contributed by atoms with van der Waals surface area (Å²) in [5.74, 6) is 1.05. The summed E-state index contributed by atoms with van der Waals surface area (Å²) >= 11 is 0. The van der Waals surface area contributed by atoms with Crippen molar-refractivity contribution in [3.05, 3.63) is 35.4 Å². The summed E-state index contributed by atoms with van der Waals surface area (Å²) in [5, 5.41) is 3.58. The lowest BCUT2D eigenvalue weighted by molar-refractivity contribution is 0.303. The third-order valence-electron chi connectivity index (χ3n) is 4.81. The van der Waals surface area contributed by atoms with Gasteiger partial charge in [0, 0.05) is 32.7 Å². The molecule has 0 radical (unpaired) electrons. The van der Waals surface area contributed by atoms with Crippen LogP contribution in [0.2, 0.25) is 0 Å². The van der Waals surface area contributed by atoms with Gasteiger partial charge in [-0.1, -0.05) is 24.3 Å². The molecule has 1 atom stereocenters. The van der Waals surface area contributed by atoms with Gasteiger partial charge in [-0.05, 0) is 44.0 Å². The van der Waals surface area contributed by atoms with Crippen LogP contribution in [0.25, 0.3) is 0 Å². The highest BCUT2D eigenvalue weighted by atomic mass is 127. The Labute approximate surface area is 151 Å². The number of aliphatic imine (C=N–C) groups is 1. The summed E-state index contributed by atoms with van der Waals surface area (Å²) in [4.78, 5) is 9.31. The first-order chi connectivity index (χ1) is 10.3. The van der Waals surface area contributed by atoms with Crippen LogP contribution in [0.1, 0.15) is 24.0 Å². The first-order valence-electron chi connectivity index (χ1n) is 8.00. The molecule has 2 aliphatic heterocycles. The standard InChI is InChI=1S/C17H26N4.HI/c1-18-17(19-12-16-8-5-10-20(16)2)21-11-9-14-6-3-4-7-15(14)13-21;/h3-4,6-7,16H,5,8-13H2,1-2H3,(H,18,19);1H. The lowest BCUT2D eigenvalue weighted by Gasteiger charge is -2.32. The van der Waals surface area contributed by atoms with E-state index in [2.05, 4.69) is 51.4 Å². The quantitative estimate of drug-likeness (QED) is 0.458. The topological polar surface area (TPSA) is 30.9 Å². The van der Waals surface area contributed by atoms with Gasteiger partial charge in [0.2, 0.25) is 0 Å². The van der Waals surface area contributed by atoms with Gasteiger partial charge in [0.25, 0.3) is 0 Å². The number of nitrogens with one attached hydrogen (secondary N) is 1. The van der Waals surface area contributed by atoms with Crippen molar-refractivity contribution in [3.8, 4) is 0 Å². The molecule has 0 saturated carbocycles. The molecule has 3 rings (SSSR count). The van der Waals surface area contributed by atoms with Crippen molar-refractivity contribution in [2.24, 2.45) is 4.99 Å². The van der Waals surface area contributed by atoms with Crippen LogP contribution in [-0.2, 0) is 13.0 Å². The van der Waals surface area contributed by atoms with E-state index in [9.17, 15) is 0 Å². The van der Waals surface area contributed by atoms with E-state index in [0.29, 0.717) is 6.04 Å². The minimum atomic E-state index is 0. The predicted molar refractivity (Wildman–Crippen MR) is 103 cm³/mol. The molecule has 22 heavy (non-hydrogen) atoms. The van der Waals surface area contributed by atoms with E-state index in [4.69, 9.17) is 0 Å². The van der Waals surface area contributed by atoms with Crippen LogP contribution in [0.4, 0.5) is 0 Å². The zero-order valence-electron chi connectivity index (χ0n) is 13.6. The van der Waals surface area contributed by atoms with Gasteiger partial charge in [0.15, 0.2) is 5.96 Å². The van der Waals surface area contributed by atoms with Crippen LogP contribution in [0.3, 0.4) is 0 Å². The lowest BCUT2D eigenvalue weighted by Crippen LogP contribution is -2.47. The smallest absolute Gasteiger partial charge is 0.194 e. The SMILES string of the molecule is CN=C(NCC1CCCN1C)N1CCc2ccccc2C1.I. The van der Waals surface area contributed by atoms with Gasteiger partial charge >= 0.3 is 0 Å². The average molecular weight is 414 g/mol. The van der Waals surface area contributed by atoms with E-state index in [0.717, 1.165) is 32.0 Å². The highest BCUT2D eigenvalue weighted by Crippen LogP contribution is 2.19. The molecule has 1 aromatic rings. The second-order valence-electron chi connectivity index (χ2n) is 6.15. The Kier molecular flexibility index (Phi) is 6.50. The number of rotatable bonds is 2. The molecule has 1 saturated heterocycles. The Hall–Kier alpha value is -0.820. The molecule has 5 heteroatoms. The molecule has 1 fully saturated rings. The number of halogens is 1. The fourth-order valence-electron chi connectivity index (χ4n) is 3.46. The zero-order chi connectivity index (χ0) is 14.7. The summed E-state index contributed by atoms with van der Waals surface area (Å²) in [5.41, 5.74) is 2.92. The summed E-state index contributed by atoms with van der Waals surface area (Å²) in [6.07, 6.45) is 3.72. The van der Waals surface area contributed by atoms with Gasteiger partial charge in [-0.2, -0.15) is 0 Å². The number of benzene rings is 1. The van der Waals surface area contributed by atoms with E-state index in [1.807, 2.05) is 7.05 Å². The third-order valence-corrected chi connectivity index (χ3v) is 4.81. The zero-order valence-corrected chi connectivity index (χ0v) is 15.9. The van der Waals surface area contributed by atoms with Crippen molar-refractivity contribution in [1.29, 1.82) is 0 Å². The third kappa shape index (κ3) is 3.93. The Bertz CT molecular complexity index is 517. The first-order valence-corrected chi connectivity index (χ1v) is 8.00. The Balaban J connectivity index is 0.00000176. The van der Waals surface area contributed by atoms with E-state index in [1.54, 1.807) is 0 Å². The molecule has 0 spiro atoms. The maximum Gasteiger partial charge on any atom is 0.194 e. The van der Waals surface area contributed by atoms with Crippen LogP contribution in [0, 0.1) is 0 Å². The van der Waals surface area contributed by atoms with Crippen molar-refractivity contribution in [1.82, 2.24) is 15.1 Å². The van der Waals surface area contributed by atoms with Crippen LogP contribution in [0.5, 0.6) is 0 Å². The van der Waals surface area contributed by atoms with Crippen molar-refractivity contribution >= 4 is 29.9 Å². The summed E-state index contributed by atoms with van der Waals surface area (Å²) in [6, 6.07) is 9.40. The first kappa shape index (κ1) is 17.5. The number of fused-ring (bicyclic) bond motifs is 1. The highest BCUT2D eigenvalue weighted by Gasteiger charge is 2.23. The van der Waals surface area contributed by atoms with Crippen LogP contribution in [-0.4, -0.2) is 55.5 Å². The van der Waals surface area contributed by atoms with Gasteiger partial charge in [0.05, 0.1) is 0 Å². The molecule has 0 bridgehead atoms. The van der Waals surface area contributed by atoms with Gasteiger partial charge in [-0.3, -0.25) is 4.99 Å². The Morgan fingerprint density at radius 1 is 1.27 bits per heavy atom. The van der Waals surface area contributed by atoms with E-state index < -0.39 is 0 Å². The van der Waals surface area contributed by atoms with Crippen molar-refractivity contribution in [2.75, 3.05) is 33.7 Å². The molecule has 122 valence electrons. The highest BCUT2D eigenvalue weighted by molar-refractivity contribution is 14.0. The number of nitrogens with zero attached hydrogens (tertiary/aromatic N) is 3. The molecule has 1 unspecified atom stereocenters. The van der Waals surface area contributed by atoms with E-state index in [-0.39, 0.29) is 24.0 Å². The van der Waals surface area contributed by atoms with Crippen molar-refractivity contribution in [2.45, 2.75) is 31.8 Å². The fourth-order valence-corrected chi connectivity index (χ4v) is 3.46. The maximum absolute atomic E-state index is 4.48. The van der Waals surface area contributed by atoms with Crippen LogP contribution < -0.4 is 5.32 Å². The van der Waals surface area contributed by atoms with Crippen LogP contribution in [0.15, 0.2) is 29.3 Å². The molecule has 2 heterocycles. The summed E-state index contributed by atoms with van der Waals surface area (Å²) in [7, 11) is 4.11. The molecular formula is C17H27IN4. The number of likely N-dealkylation sites (tertiary alicyclic amines) is 1. The van der Waals surface area contributed by atoms with Gasteiger partial charge in [-0.15, -0.1) is 24.0 Å². The number of guanidine groups is 1. The Morgan fingerprint density at radius 2 is 2.05 bits per heavy atom. The second kappa shape index (κ2) is 8.15. The van der Waals surface area contributed by atoms with Gasteiger partial charge in [-0.25, -0.2) is 0 Å². The number of hydrogen-bond acceptors (Lipinski definition) is 2. The normalized spacial score (nSPS) is 22.2. The maximum atomic E-state index is 4.48. The van der Waals surface area contributed by atoms with Crippen molar-refractivity contribution in [3.63, 3.8) is 0 Å². The fraction of sp³-hybridized carbons (Fsp3) is 0.588. The minimum absolute atomic E-state index is 0. The number of likely N-dealkylation sites (N-methyl/N-ethyl adjacent to an activating group) is 1. The lowest BCUT2D eigenvalue weighted by atomic mass is 10.0. The van der Waals surface area contributed by atoms with E-state index in [1.165, 1.54) is 30.5 Å². The molecular weight excluding hydrogens is 387 g/mol. The molecule has 1 aromatic carbocycles. The monoisotopic (exact) mass is 414 g/mol. The molecule has 0 amide bonds. The molecule has 0 aromatic heterocycles. The van der Waals surface area contributed by atoms with Crippen LogP contribution >= 0.6 is 24.0 Å².